The minimum atomic E-state index is -0.770. The van der Waals surface area contributed by atoms with Crippen LogP contribution in [0.25, 0.3) is 0 Å². The van der Waals surface area contributed by atoms with Crippen molar-refractivity contribution in [1.29, 1.82) is 0 Å². The molecule has 4 heteroatoms. The Hall–Kier alpha value is -1.06. The van der Waals surface area contributed by atoms with Crippen molar-refractivity contribution >= 4 is 11.9 Å². The molecule has 0 aromatic heterocycles. The quantitative estimate of drug-likeness (QED) is 0.835. The zero-order chi connectivity index (χ0) is 13.1. The Morgan fingerprint density at radius 1 is 1.22 bits per heavy atom. The molecule has 0 radical (unpaired) electrons. The Bertz CT molecular complexity index is 323. The summed E-state index contributed by atoms with van der Waals surface area (Å²) in [5.41, 5.74) is 0. The number of carbonyl (C=O) groups is 2. The topological polar surface area (TPSA) is 57.6 Å². The van der Waals surface area contributed by atoms with E-state index in [1.165, 1.54) is 25.7 Å². The molecule has 0 bridgehead atoms. The number of amides is 1. The second-order valence-electron chi connectivity index (χ2n) is 5.91. The molecule has 2 unspecified atom stereocenters. The number of hydrogen-bond donors (Lipinski definition) is 1. The van der Waals surface area contributed by atoms with E-state index in [-0.39, 0.29) is 17.7 Å². The van der Waals surface area contributed by atoms with Crippen molar-refractivity contribution in [3.63, 3.8) is 0 Å². The fourth-order valence-corrected chi connectivity index (χ4v) is 3.28. The van der Waals surface area contributed by atoms with Gasteiger partial charge in [-0.3, -0.25) is 9.59 Å². The first-order chi connectivity index (χ1) is 8.58. The maximum absolute atomic E-state index is 12.0. The lowest BCUT2D eigenvalue weighted by Gasteiger charge is -2.17. The number of rotatable bonds is 4. The van der Waals surface area contributed by atoms with Crippen LogP contribution >= 0.6 is 0 Å². The van der Waals surface area contributed by atoms with Gasteiger partial charge in [-0.05, 0) is 18.3 Å². The summed E-state index contributed by atoms with van der Waals surface area (Å²) < 4.78 is 0. The van der Waals surface area contributed by atoms with Crippen LogP contribution in [0.2, 0.25) is 0 Å². The van der Waals surface area contributed by atoms with Crippen LogP contribution in [0.3, 0.4) is 0 Å². The Morgan fingerprint density at radius 3 is 2.44 bits per heavy atom. The van der Waals surface area contributed by atoms with Gasteiger partial charge >= 0.3 is 5.97 Å². The second kappa shape index (κ2) is 5.72. The Morgan fingerprint density at radius 2 is 1.89 bits per heavy atom. The van der Waals surface area contributed by atoms with Crippen LogP contribution in [0, 0.1) is 17.8 Å². The molecule has 0 aromatic rings. The van der Waals surface area contributed by atoms with Crippen LogP contribution < -0.4 is 0 Å². The zero-order valence-corrected chi connectivity index (χ0v) is 11.1. The average Bonchev–Trinajstić information content (AvgIpc) is 2.94. The summed E-state index contributed by atoms with van der Waals surface area (Å²) in [6.07, 6.45) is 6.73. The van der Waals surface area contributed by atoms with Crippen LogP contribution in [0.1, 0.15) is 45.4 Å². The molecule has 1 aliphatic carbocycles. The number of aliphatic carboxylic acids is 1. The second-order valence-corrected chi connectivity index (χ2v) is 5.91. The molecular formula is C14H23NO3. The summed E-state index contributed by atoms with van der Waals surface area (Å²) in [6, 6.07) is 0. The normalized spacial score (nSPS) is 28.8. The maximum Gasteiger partial charge on any atom is 0.308 e. The van der Waals surface area contributed by atoms with Crippen LogP contribution in [0.15, 0.2) is 0 Å². The molecule has 0 spiro atoms. The van der Waals surface area contributed by atoms with Gasteiger partial charge in [0.05, 0.1) is 5.92 Å². The van der Waals surface area contributed by atoms with E-state index in [4.69, 9.17) is 5.11 Å². The van der Waals surface area contributed by atoms with Gasteiger partial charge in [0.15, 0.2) is 0 Å². The number of carbonyl (C=O) groups excluding carboxylic acids is 1. The lowest BCUT2D eigenvalue weighted by Crippen LogP contribution is -2.30. The molecule has 4 nitrogen and oxygen atoms in total. The number of carboxylic acids is 1. The van der Waals surface area contributed by atoms with Crippen LogP contribution in [-0.4, -0.2) is 35.0 Å². The molecule has 18 heavy (non-hydrogen) atoms. The van der Waals surface area contributed by atoms with E-state index in [1.54, 1.807) is 4.90 Å². The molecule has 102 valence electrons. The van der Waals surface area contributed by atoms with Gasteiger partial charge in [0.1, 0.15) is 0 Å². The van der Waals surface area contributed by atoms with Crippen molar-refractivity contribution in [2.24, 2.45) is 17.8 Å². The van der Waals surface area contributed by atoms with Crippen LogP contribution in [-0.2, 0) is 9.59 Å². The van der Waals surface area contributed by atoms with E-state index in [1.807, 2.05) is 6.92 Å². The summed E-state index contributed by atoms with van der Waals surface area (Å²) in [4.78, 5) is 24.8. The van der Waals surface area contributed by atoms with Crippen molar-refractivity contribution < 1.29 is 14.7 Å². The third kappa shape index (κ3) is 3.03. The number of likely N-dealkylation sites (tertiary alicyclic amines) is 1. The number of carboxylic acid groups (broad SMARTS) is 1. The van der Waals surface area contributed by atoms with Gasteiger partial charge < -0.3 is 10.0 Å². The Kier molecular flexibility index (Phi) is 4.25. The minimum Gasteiger partial charge on any atom is -0.481 e. The van der Waals surface area contributed by atoms with E-state index in [0.29, 0.717) is 19.5 Å². The first kappa shape index (κ1) is 13.4. The van der Waals surface area contributed by atoms with Crippen LogP contribution in [0.4, 0.5) is 0 Å². The van der Waals surface area contributed by atoms with Crippen molar-refractivity contribution in [2.45, 2.75) is 45.4 Å². The van der Waals surface area contributed by atoms with E-state index < -0.39 is 5.97 Å². The predicted molar refractivity (Wildman–Crippen MR) is 68.1 cm³/mol. The summed E-state index contributed by atoms with van der Waals surface area (Å²) >= 11 is 0. The van der Waals surface area contributed by atoms with Gasteiger partial charge in [-0.1, -0.05) is 32.6 Å². The molecule has 2 fully saturated rings. The molecule has 1 heterocycles. The monoisotopic (exact) mass is 253 g/mol. The van der Waals surface area contributed by atoms with E-state index in [2.05, 4.69) is 0 Å². The van der Waals surface area contributed by atoms with Crippen molar-refractivity contribution in [2.75, 3.05) is 13.1 Å². The van der Waals surface area contributed by atoms with Crippen molar-refractivity contribution in [3.05, 3.63) is 0 Å². The fourth-order valence-electron chi connectivity index (χ4n) is 3.28. The number of hydrogen-bond acceptors (Lipinski definition) is 2. The highest BCUT2D eigenvalue weighted by Crippen LogP contribution is 2.30. The highest BCUT2D eigenvalue weighted by molar-refractivity contribution is 5.79. The molecule has 1 saturated carbocycles. The van der Waals surface area contributed by atoms with Crippen molar-refractivity contribution in [1.82, 2.24) is 4.90 Å². The van der Waals surface area contributed by atoms with E-state index in [9.17, 15) is 9.59 Å². The van der Waals surface area contributed by atoms with Gasteiger partial charge in [-0.25, -0.2) is 0 Å². The SMILES string of the molecule is CC1CN(C(=O)CCC2CCCC2)CC1C(=O)O. The van der Waals surface area contributed by atoms with E-state index >= 15 is 0 Å². The molecule has 1 aliphatic heterocycles. The first-order valence-electron chi connectivity index (χ1n) is 7.08. The highest BCUT2D eigenvalue weighted by Gasteiger charge is 2.36. The molecule has 1 N–H and O–H groups in total. The average molecular weight is 253 g/mol. The zero-order valence-electron chi connectivity index (χ0n) is 11.1. The van der Waals surface area contributed by atoms with Gasteiger partial charge in [0.2, 0.25) is 5.91 Å². The summed E-state index contributed by atoms with van der Waals surface area (Å²) in [7, 11) is 0. The minimum absolute atomic E-state index is 0.0814. The highest BCUT2D eigenvalue weighted by atomic mass is 16.4. The van der Waals surface area contributed by atoms with E-state index in [0.717, 1.165) is 12.3 Å². The van der Waals surface area contributed by atoms with Gasteiger partial charge in [0, 0.05) is 19.5 Å². The largest absolute Gasteiger partial charge is 0.481 e. The Balaban J connectivity index is 1.77. The maximum atomic E-state index is 12.0. The standard InChI is InChI=1S/C14H23NO3/c1-10-8-15(9-12(10)14(17)18)13(16)7-6-11-4-2-3-5-11/h10-12H,2-9H2,1H3,(H,17,18). The summed E-state index contributed by atoms with van der Waals surface area (Å²) in [5, 5.41) is 9.05. The van der Waals surface area contributed by atoms with Crippen molar-refractivity contribution in [3.8, 4) is 0 Å². The predicted octanol–water partition coefficient (Wildman–Crippen LogP) is 2.14. The molecule has 1 saturated heterocycles. The molecule has 2 atom stereocenters. The van der Waals surface area contributed by atoms with Gasteiger partial charge in [-0.15, -0.1) is 0 Å². The van der Waals surface area contributed by atoms with Gasteiger partial charge in [-0.2, -0.15) is 0 Å². The molecule has 2 rings (SSSR count). The fraction of sp³-hybridized carbons (Fsp3) is 0.857. The molecule has 0 aromatic carbocycles. The first-order valence-corrected chi connectivity index (χ1v) is 7.08. The Labute approximate surface area is 108 Å². The molecule has 1 amide bonds. The third-order valence-electron chi connectivity index (χ3n) is 4.52. The lowest BCUT2D eigenvalue weighted by atomic mass is 9.99. The summed E-state index contributed by atoms with van der Waals surface area (Å²) in [6.45, 7) is 2.93. The third-order valence-corrected chi connectivity index (χ3v) is 4.52. The summed E-state index contributed by atoms with van der Waals surface area (Å²) in [5.74, 6) is -0.186. The molecule has 2 aliphatic rings. The van der Waals surface area contributed by atoms with Gasteiger partial charge in [0.25, 0.3) is 0 Å². The van der Waals surface area contributed by atoms with Crippen LogP contribution in [0.5, 0.6) is 0 Å². The number of nitrogens with zero attached hydrogens (tertiary/aromatic N) is 1. The molecular weight excluding hydrogens is 230 g/mol. The lowest BCUT2D eigenvalue weighted by molar-refractivity contribution is -0.142. The smallest absolute Gasteiger partial charge is 0.308 e.